The Morgan fingerprint density at radius 3 is 2.44 bits per heavy atom. The Bertz CT molecular complexity index is 517. The lowest BCUT2D eigenvalue weighted by Gasteiger charge is -2.10. The molecule has 94 valence electrons. The van der Waals surface area contributed by atoms with Gasteiger partial charge >= 0.3 is 0 Å². The molecule has 0 bridgehead atoms. The lowest BCUT2D eigenvalue weighted by Crippen LogP contribution is -2.06. The van der Waals surface area contributed by atoms with E-state index in [-0.39, 0.29) is 0 Å². The molecular weight excluding hydrogens is 242 g/mol. The zero-order chi connectivity index (χ0) is 13.0. The summed E-state index contributed by atoms with van der Waals surface area (Å²) >= 11 is 5.86. The molecule has 0 saturated carbocycles. The Morgan fingerprint density at radius 1 is 1.00 bits per heavy atom. The van der Waals surface area contributed by atoms with Crippen molar-refractivity contribution in [3.05, 3.63) is 64.2 Å². The number of aryl methyl sites for hydroxylation is 2. The van der Waals surface area contributed by atoms with Crippen molar-refractivity contribution in [2.24, 2.45) is 0 Å². The SMILES string of the molecule is Cc1ccc(C)c(NCCc2ccc(Cl)cc2)c1. The van der Waals surface area contributed by atoms with Crippen molar-refractivity contribution < 1.29 is 0 Å². The van der Waals surface area contributed by atoms with E-state index >= 15 is 0 Å². The Kier molecular flexibility index (Phi) is 4.27. The van der Waals surface area contributed by atoms with E-state index in [0.29, 0.717) is 0 Å². The Balaban J connectivity index is 1.92. The molecule has 0 spiro atoms. The molecule has 1 N–H and O–H groups in total. The van der Waals surface area contributed by atoms with Gasteiger partial charge in [-0.1, -0.05) is 35.9 Å². The van der Waals surface area contributed by atoms with Crippen LogP contribution in [0.3, 0.4) is 0 Å². The first-order valence-corrected chi connectivity index (χ1v) is 6.58. The lowest BCUT2D eigenvalue weighted by molar-refractivity contribution is 1.02. The summed E-state index contributed by atoms with van der Waals surface area (Å²) in [6, 6.07) is 14.5. The summed E-state index contributed by atoms with van der Waals surface area (Å²) in [5.41, 5.74) is 5.10. The fraction of sp³-hybridized carbons (Fsp3) is 0.250. The largest absolute Gasteiger partial charge is 0.384 e. The van der Waals surface area contributed by atoms with Gasteiger partial charge < -0.3 is 5.32 Å². The molecule has 2 rings (SSSR count). The number of halogens is 1. The van der Waals surface area contributed by atoms with Gasteiger partial charge in [0.25, 0.3) is 0 Å². The van der Waals surface area contributed by atoms with Crippen molar-refractivity contribution in [1.82, 2.24) is 0 Å². The predicted molar refractivity (Wildman–Crippen MR) is 79.6 cm³/mol. The fourth-order valence-corrected chi connectivity index (χ4v) is 2.04. The minimum Gasteiger partial charge on any atom is -0.384 e. The molecule has 0 amide bonds. The number of benzene rings is 2. The number of rotatable bonds is 4. The molecule has 0 aliphatic carbocycles. The zero-order valence-electron chi connectivity index (χ0n) is 10.8. The molecule has 0 radical (unpaired) electrons. The van der Waals surface area contributed by atoms with Gasteiger partial charge in [0.1, 0.15) is 0 Å². The number of hydrogen-bond acceptors (Lipinski definition) is 1. The van der Waals surface area contributed by atoms with Gasteiger partial charge in [-0.2, -0.15) is 0 Å². The van der Waals surface area contributed by atoms with E-state index in [1.807, 2.05) is 12.1 Å². The smallest absolute Gasteiger partial charge is 0.0406 e. The first-order valence-electron chi connectivity index (χ1n) is 6.21. The maximum Gasteiger partial charge on any atom is 0.0406 e. The van der Waals surface area contributed by atoms with Crippen LogP contribution >= 0.6 is 11.6 Å². The van der Waals surface area contributed by atoms with E-state index in [2.05, 4.69) is 49.5 Å². The fourth-order valence-electron chi connectivity index (χ4n) is 1.92. The molecule has 0 heterocycles. The average Bonchev–Trinajstić information content (AvgIpc) is 2.36. The molecule has 0 aliphatic rings. The monoisotopic (exact) mass is 259 g/mol. The van der Waals surface area contributed by atoms with Crippen molar-refractivity contribution in [2.45, 2.75) is 20.3 Å². The van der Waals surface area contributed by atoms with Crippen molar-refractivity contribution in [1.29, 1.82) is 0 Å². The summed E-state index contributed by atoms with van der Waals surface area (Å²) in [5.74, 6) is 0. The molecule has 2 heteroatoms. The molecule has 18 heavy (non-hydrogen) atoms. The molecule has 0 aliphatic heterocycles. The van der Waals surface area contributed by atoms with Gasteiger partial charge in [0.15, 0.2) is 0 Å². The van der Waals surface area contributed by atoms with Gasteiger partial charge in [-0.05, 0) is 55.2 Å². The molecule has 0 aromatic heterocycles. The topological polar surface area (TPSA) is 12.0 Å². The highest BCUT2D eigenvalue weighted by atomic mass is 35.5. The van der Waals surface area contributed by atoms with Gasteiger partial charge in [-0.15, -0.1) is 0 Å². The molecular formula is C16H18ClN. The van der Waals surface area contributed by atoms with Crippen LogP contribution in [0.15, 0.2) is 42.5 Å². The molecule has 2 aromatic rings. The van der Waals surface area contributed by atoms with E-state index in [9.17, 15) is 0 Å². The highest BCUT2D eigenvalue weighted by molar-refractivity contribution is 6.30. The molecule has 1 nitrogen and oxygen atoms in total. The van der Waals surface area contributed by atoms with Crippen LogP contribution in [-0.4, -0.2) is 6.54 Å². The van der Waals surface area contributed by atoms with Crippen LogP contribution in [-0.2, 0) is 6.42 Å². The van der Waals surface area contributed by atoms with Crippen molar-refractivity contribution in [3.63, 3.8) is 0 Å². The summed E-state index contributed by atoms with van der Waals surface area (Å²) in [6.07, 6.45) is 1.00. The third kappa shape index (κ3) is 3.51. The minimum absolute atomic E-state index is 0.793. The van der Waals surface area contributed by atoms with Gasteiger partial charge in [0.2, 0.25) is 0 Å². The molecule has 2 aromatic carbocycles. The lowest BCUT2D eigenvalue weighted by atomic mass is 10.1. The normalized spacial score (nSPS) is 10.4. The molecule has 0 atom stereocenters. The van der Waals surface area contributed by atoms with E-state index in [1.54, 1.807) is 0 Å². The zero-order valence-corrected chi connectivity index (χ0v) is 11.6. The second-order valence-electron chi connectivity index (χ2n) is 4.62. The molecule has 0 saturated heterocycles. The van der Waals surface area contributed by atoms with Crippen molar-refractivity contribution in [3.8, 4) is 0 Å². The van der Waals surface area contributed by atoms with Crippen LogP contribution in [0.2, 0.25) is 5.02 Å². The van der Waals surface area contributed by atoms with E-state index in [1.165, 1.54) is 22.4 Å². The van der Waals surface area contributed by atoms with Crippen LogP contribution in [0.1, 0.15) is 16.7 Å². The van der Waals surface area contributed by atoms with Gasteiger partial charge in [-0.3, -0.25) is 0 Å². The summed E-state index contributed by atoms with van der Waals surface area (Å²) in [6.45, 7) is 5.18. The average molecular weight is 260 g/mol. The summed E-state index contributed by atoms with van der Waals surface area (Å²) in [4.78, 5) is 0. The number of nitrogens with one attached hydrogen (secondary N) is 1. The summed E-state index contributed by atoms with van der Waals surface area (Å²) in [7, 11) is 0. The van der Waals surface area contributed by atoms with E-state index in [0.717, 1.165) is 18.0 Å². The van der Waals surface area contributed by atoms with E-state index < -0.39 is 0 Å². The minimum atomic E-state index is 0.793. The third-order valence-electron chi connectivity index (χ3n) is 3.04. The number of hydrogen-bond donors (Lipinski definition) is 1. The summed E-state index contributed by atoms with van der Waals surface area (Å²) < 4.78 is 0. The maximum absolute atomic E-state index is 5.86. The quantitative estimate of drug-likeness (QED) is 0.845. The third-order valence-corrected chi connectivity index (χ3v) is 3.29. The molecule has 0 fully saturated rings. The van der Waals surface area contributed by atoms with Crippen LogP contribution in [0.5, 0.6) is 0 Å². The highest BCUT2D eigenvalue weighted by Crippen LogP contribution is 2.16. The Morgan fingerprint density at radius 2 is 1.72 bits per heavy atom. The van der Waals surface area contributed by atoms with Crippen LogP contribution < -0.4 is 5.32 Å². The van der Waals surface area contributed by atoms with Gasteiger partial charge in [0, 0.05) is 17.3 Å². The Labute approximate surface area is 114 Å². The van der Waals surface area contributed by atoms with Gasteiger partial charge in [0.05, 0.1) is 0 Å². The van der Waals surface area contributed by atoms with Crippen LogP contribution in [0, 0.1) is 13.8 Å². The van der Waals surface area contributed by atoms with E-state index in [4.69, 9.17) is 11.6 Å². The van der Waals surface area contributed by atoms with Crippen molar-refractivity contribution in [2.75, 3.05) is 11.9 Å². The predicted octanol–water partition coefficient (Wildman–Crippen LogP) is 4.61. The van der Waals surface area contributed by atoms with Crippen LogP contribution in [0.25, 0.3) is 0 Å². The second-order valence-corrected chi connectivity index (χ2v) is 5.06. The standard InChI is InChI=1S/C16H18ClN/c1-12-3-4-13(2)16(11-12)18-10-9-14-5-7-15(17)8-6-14/h3-8,11,18H,9-10H2,1-2H3. The second kappa shape index (κ2) is 5.92. The first-order chi connectivity index (χ1) is 8.65. The molecule has 0 unspecified atom stereocenters. The highest BCUT2D eigenvalue weighted by Gasteiger charge is 1.98. The number of anilines is 1. The van der Waals surface area contributed by atoms with Gasteiger partial charge in [-0.25, -0.2) is 0 Å². The summed E-state index contributed by atoms with van der Waals surface area (Å²) in [5, 5.41) is 4.28. The first kappa shape index (κ1) is 13.0. The maximum atomic E-state index is 5.86. The van der Waals surface area contributed by atoms with Crippen molar-refractivity contribution >= 4 is 17.3 Å². The Hall–Kier alpha value is -1.47. The van der Waals surface area contributed by atoms with Crippen LogP contribution in [0.4, 0.5) is 5.69 Å².